The van der Waals surface area contributed by atoms with E-state index in [4.69, 9.17) is 16.0 Å². The maximum Gasteiger partial charge on any atom is 0.257 e. The van der Waals surface area contributed by atoms with Crippen LogP contribution in [-0.4, -0.2) is 22.9 Å². The van der Waals surface area contributed by atoms with Gasteiger partial charge in [-0.3, -0.25) is 14.4 Å². The highest BCUT2D eigenvalue weighted by Crippen LogP contribution is 2.14. The summed E-state index contributed by atoms with van der Waals surface area (Å²) in [6, 6.07) is 10.7. The number of aryl methyl sites for hydroxylation is 1. The van der Waals surface area contributed by atoms with Crippen LogP contribution in [-0.2, 0) is 13.1 Å². The average molecular weight is 440 g/mol. The predicted octanol–water partition coefficient (Wildman–Crippen LogP) is 3.30. The molecule has 0 aliphatic heterocycles. The molecule has 0 atom stereocenters. The minimum atomic E-state index is -0.662. The van der Waals surface area contributed by atoms with Crippen molar-refractivity contribution in [1.82, 2.24) is 15.2 Å². The first-order chi connectivity index (χ1) is 14.9. The summed E-state index contributed by atoms with van der Waals surface area (Å²) in [6.45, 7) is 5.95. The van der Waals surface area contributed by atoms with Crippen molar-refractivity contribution < 1.29 is 14.0 Å². The summed E-state index contributed by atoms with van der Waals surface area (Å²) in [5.74, 6) is 0.168. The van der Waals surface area contributed by atoms with Gasteiger partial charge in [0, 0.05) is 30.5 Å². The lowest BCUT2D eigenvalue weighted by Crippen LogP contribution is -2.35. The van der Waals surface area contributed by atoms with Gasteiger partial charge in [-0.25, -0.2) is 0 Å². The molecule has 0 unspecified atom stereocenters. The van der Waals surface area contributed by atoms with Crippen LogP contribution in [0, 0.1) is 6.92 Å². The Morgan fingerprint density at radius 2 is 1.77 bits per heavy atom. The fourth-order valence-corrected chi connectivity index (χ4v) is 3.17. The van der Waals surface area contributed by atoms with Crippen LogP contribution >= 0.6 is 11.6 Å². The number of carbonyl (C=O) groups is 2. The van der Waals surface area contributed by atoms with E-state index in [9.17, 15) is 14.4 Å². The summed E-state index contributed by atoms with van der Waals surface area (Å²) in [5, 5.41) is 5.77. The van der Waals surface area contributed by atoms with Crippen molar-refractivity contribution in [2.75, 3.05) is 6.54 Å². The largest absolute Gasteiger partial charge is 0.464 e. The van der Waals surface area contributed by atoms with Gasteiger partial charge in [-0.05, 0) is 30.7 Å². The van der Waals surface area contributed by atoms with Crippen LogP contribution in [0.25, 0.3) is 0 Å². The summed E-state index contributed by atoms with van der Waals surface area (Å²) in [4.78, 5) is 38.2. The molecule has 31 heavy (non-hydrogen) atoms. The Labute approximate surface area is 184 Å². The van der Waals surface area contributed by atoms with E-state index in [0.29, 0.717) is 16.3 Å². The smallest absolute Gasteiger partial charge is 0.257 e. The van der Waals surface area contributed by atoms with E-state index in [0.717, 1.165) is 5.76 Å². The second-order valence-electron chi connectivity index (χ2n) is 6.87. The molecule has 0 aliphatic carbocycles. The zero-order chi connectivity index (χ0) is 22.4. The first kappa shape index (κ1) is 22.1. The molecule has 2 amide bonds. The molecule has 0 saturated carbocycles. The average Bonchev–Trinajstić information content (AvgIpc) is 3.16. The molecule has 2 heterocycles. The van der Waals surface area contributed by atoms with Crippen molar-refractivity contribution in [3.63, 3.8) is 0 Å². The van der Waals surface area contributed by atoms with Gasteiger partial charge in [-0.2, -0.15) is 0 Å². The Balaban J connectivity index is 1.92. The lowest BCUT2D eigenvalue weighted by Gasteiger charge is -2.12. The maximum atomic E-state index is 12.9. The Bertz CT molecular complexity index is 1180. The molecule has 0 fully saturated rings. The molecule has 8 heteroatoms. The molecule has 0 saturated heterocycles. The monoisotopic (exact) mass is 439 g/mol. The van der Waals surface area contributed by atoms with E-state index in [1.165, 1.54) is 18.5 Å². The van der Waals surface area contributed by atoms with Gasteiger partial charge in [-0.1, -0.05) is 35.9 Å². The van der Waals surface area contributed by atoms with Gasteiger partial charge in [0.25, 0.3) is 11.8 Å². The number of pyridine rings is 1. The highest BCUT2D eigenvalue weighted by atomic mass is 35.5. The highest BCUT2D eigenvalue weighted by molar-refractivity contribution is 6.31. The molecule has 0 aliphatic rings. The second-order valence-corrected chi connectivity index (χ2v) is 7.28. The fraction of sp³-hybridized carbons (Fsp3) is 0.174. The van der Waals surface area contributed by atoms with Gasteiger partial charge in [0.05, 0.1) is 6.54 Å². The van der Waals surface area contributed by atoms with E-state index in [1.807, 2.05) is 13.0 Å². The van der Waals surface area contributed by atoms with Gasteiger partial charge in [0.2, 0.25) is 5.43 Å². The zero-order valence-electron chi connectivity index (χ0n) is 17.0. The van der Waals surface area contributed by atoms with Crippen LogP contribution in [0.4, 0.5) is 0 Å². The van der Waals surface area contributed by atoms with Crippen molar-refractivity contribution in [1.29, 1.82) is 0 Å². The van der Waals surface area contributed by atoms with Crippen LogP contribution in [0.5, 0.6) is 0 Å². The molecule has 1 aromatic carbocycles. The molecule has 3 aromatic rings. The molecule has 3 rings (SSSR count). The fourth-order valence-electron chi connectivity index (χ4n) is 2.97. The zero-order valence-corrected chi connectivity index (χ0v) is 17.7. The van der Waals surface area contributed by atoms with Crippen LogP contribution in [0.1, 0.15) is 37.8 Å². The first-order valence-electron chi connectivity index (χ1n) is 9.59. The standard InChI is InChI=1S/C23H22ClN3O4/c1-3-10-25-22(29)18-13-27(12-17-9-8-15(2)31-17)14-19(21(18)28)23(30)26-11-16-6-4-5-7-20(16)24/h3-9,13-14H,1,10-12H2,2H3,(H,25,29)(H,26,30). The molecule has 2 aromatic heterocycles. The summed E-state index contributed by atoms with van der Waals surface area (Å²) >= 11 is 6.13. The molecule has 160 valence electrons. The highest BCUT2D eigenvalue weighted by Gasteiger charge is 2.19. The number of carbonyl (C=O) groups excluding carboxylic acids is 2. The molecular formula is C23H22ClN3O4. The van der Waals surface area contributed by atoms with E-state index in [2.05, 4.69) is 17.2 Å². The Morgan fingerprint density at radius 1 is 1.10 bits per heavy atom. The van der Waals surface area contributed by atoms with Gasteiger partial charge < -0.3 is 19.6 Å². The number of benzene rings is 1. The predicted molar refractivity (Wildman–Crippen MR) is 118 cm³/mol. The van der Waals surface area contributed by atoms with Crippen LogP contribution < -0.4 is 16.1 Å². The number of rotatable bonds is 8. The topological polar surface area (TPSA) is 93.3 Å². The van der Waals surface area contributed by atoms with Crippen LogP contribution in [0.2, 0.25) is 5.02 Å². The summed E-state index contributed by atoms with van der Waals surface area (Å²) in [6.07, 6.45) is 4.32. The minimum absolute atomic E-state index is 0.141. The summed E-state index contributed by atoms with van der Waals surface area (Å²) in [5.41, 5.74) is -0.244. The number of nitrogens with one attached hydrogen (secondary N) is 2. The number of halogens is 1. The third-order valence-electron chi connectivity index (χ3n) is 4.51. The van der Waals surface area contributed by atoms with Crippen molar-refractivity contribution in [2.45, 2.75) is 20.0 Å². The molecule has 0 bridgehead atoms. The lowest BCUT2D eigenvalue weighted by molar-refractivity contribution is 0.0948. The number of aromatic nitrogens is 1. The Hall–Kier alpha value is -3.58. The van der Waals surface area contributed by atoms with E-state index in [1.54, 1.807) is 34.9 Å². The SMILES string of the molecule is C=CCNC(=O)c1cn(Cc2ccc(C)o2)cc(C(=O)NCc2ccccc2Cl)c1=O. The number of furan rings is 1. The minimum Gasteiger partial charge on any atom is -0.464 e. The van der Waals surface area contributed by atoms with E-state index >= 15 is 0 Å². The normalized spacial score (nSPS) is 10.5. The van der Waals surface area contributed by atoms with Crippen LogP contribution in [0.3, 0.4) is 0 Å². The molecule has 0 spiro atoms. The van der Waals surface area contributed by atoms with Gasteiger partial charge in [-0.15, -0.1) is 6.58 Å². The number of hydrogen-bond acceptors (Lipinski definition) is 4. The number of amides is 2. The first-order valence-corrected chi connectivity index (χ1v) is 9.97. The number of hydrogen-bond donors (Lipinski definition) is 2. The van der Waals surface area contributed by atoms with E-state index in [-0.39, 0.29) is 30.8 Å². The Morgan fingerprint density at radius 3 is 2.39 bits per heavy atom. The van der Waals surface area contributed by atoms with Crippen molar-refractivity contribution in [2.24, 2.45) is 0 Å². The van der Waals surface area contributed by atoms with Crippen molar-refractivity contribution in [3.8, 4) is 0 Å². The molecule has 7 nitrogen and oxygen atoms in total. The molecular weight excluding hydrogens is 418 g/mol. The third-order valence-corrected chi connectivity index (χ3v) is 4.88. The molecule has 0 radical (unpaired) electrons. The second kappa shape index (κ2) is 9.95. The quantitative estimate of drug-likeness (QED) is 0.526. The van der Waals surface area contributed by atoms with Crippen molar-refractivity contribution in [3.05, 3.63) is 105 Å². The van der Waals surface area contributed by atoms with Crippen LogP contribution in [0.15, 0.2) is 70.7 Å². The Kier molecular flexibility index (Phi) is 7.10. The lowest BCUT2D eigenvalue weighted by atomic mass is 10.1. The maximum absolute atomic E-state index is 12.9. The third kappa shape index (κ3) is 5.52. The van der Waals surface area contributed by atoms with E-state index < -0.39 is 17.2 Å². The molecule has 2 N–H and O–H groups in total. The summed E-state index contributed by atoms with van der Waals surface area (Å²) < 4.78 is 7.15. The van der Waals surface area contributed by atoms with Crippen molar-refractivity contribution >= 4 is 23.4 Å². The van der Waals surface area contributed by atoms with Gasteiger partial charge >= 0.3 is 0 Å². The summed E-state index contributed by atoms with van der Waals surface area (Å²) in [7, 11) is 0. The number of nitrogens with zero attached hydrogens (tertiary/aromatic N) is 1. The van der Waals surface area contributed by atoms with Gasteiger partial charge in [0.15, 0.2) is 0 Å². The van der Waals surface area contributed by atoms with Gasteiger partial charge in [0.1, 0.15) is 22.6 Å².